The Morgan fingerprint density at radius 1 is 0.842 bits per heavy atom. The lowest BCUT2D eigenvalue weighted by Crippen LogP contribution is -2.00. The SMILES string of the molecule is FC(F)(F)C=Cc1cccc(Oc2ccccc2)c1. The van der Waals surface area contributed by atoms with Crippen LogP contribution in [0.2, 0.25) is 0 Å². The second kappa shape index (κ2) is 5.61. The van der Waals surface area contributed by atoms with E-state index in [0.29, 0.717) is 17.1 Å². The Hall–Kier alpha value is -2.23. The summed E-state index contributed by atoms with van der Waals surface area (Å²) in [5.41, 5.74) is 0.436. The summed E-state index contributed by atoms with van der Waals surface area (Å²) < 4.78 is 41.7. The van der Waals surface area contributed by atoms with Gasteiger partial charge in [0, 0.05) is 6.08 Å². The van der Waals surface area contributed by atoms with E-state index in [2.05, 4.69) is 0 Å². The minimum atomic E-state index is -4.31. The molecule has 0 radical (unpaired) electrons. The van der Waals surface area contributed by atoms with Gasteiger partial charge in [0.15, 0.2) is 0 Å². The van der Waals surface area contributed by atoms with Crippen molar-refractivity contribution in [2.75, 3.05) is 0 Å². The molecule has 0 unspecified atom stereocenters. The second-order valence-corrected chi connectivity index (χ2v) is 3.86. The van der Waals surface area contributed by atoms with Crippen molar-refractivity contribution in [1.29, 1.82) is 0 Å². The van der Waals surface area contributed by atoms with Crippen LogP contribution in [0, 0.1) is 0 Å². The molecule has 0 amide bonds. The molecule has 2 rings (SSSR count). The van der Waals surface area contributed by atoms with Crippen LogP contribution in [-0.4, -0.2) is 6.18 Å². The second-order valence-electron chi connectivity index (χ2n) is 3.86. The highest BCUT2D eigenvalue weighted by Gasteiger charge is 2.21. The molecule has 0 aromatic heterocycles. The van der Waals surface area contributed by atoms with Crippen molar-refractivity contribution in [3.63, 3.8) is 0 Å². The Morgan fingerprint density at radius 2 is 1.53 bits per heavy atom. The van der Waals surface area contributed by atoms with Gasteiger partial charge in [-0.2, -0.15) is 13.2 Å². The molecule has 2 aromatic carbocycles. The van der Waals surface area contributed by atoms with Gasteiger partial charge < -0.3 is 4.74 Å². The van der Waals surface area contributed by atoms with Crippen LogP contribution in [0.25, 0.3) is 6.08 Å². The number of alkyl halides is 3. The standard InChI is InChI=1S/C15H11F3O/c16-15(17,18)10-9-12-5-4-8-14(11-12)19-13-6-2-1-3-7-13/h1-11H. The summed E-state index contributed by atoms with van der Waals surface area (Å²) in [5.74, 6) is 1.13. The molecule has 0 saturated carbocycles. The van der Waals surface area contributed by atoms with E-state index in [1.807, 2.05) is 18.2 Å². The van der Waals surface area contributed by atoms with Gasteiger partial charge in [0.1, 0.15) is 11.5 Å². The summed E-state index contributed by atoms with van der Waals surface area (Å²) in [6.45, 7) is 0. The summed E-state index contributed by atoms with van der Waals surface area (Å²) in [4.78, 5) is 0. The molecule has 98 valence electrons. The fraction of sp³-hybridized carbons (Fsp3) is 0.0667. The Bertz CT molecular complexity index is 559. The Balaban J connectivity index is 2.14. The van der Waals surface area contributed by atoms with E-state index in [1.54, 1.807) is 36.4 Å². The number of ether oxygens (including phenoxy) is 1. The molecule has 0 aliphatic rings. The van der Waals surface area contributed by atoms with Gasteiger partial charge in [-0.15, -0.1) is 0 Å². The van der Waals surface area contributed by atoms with Gasteiger partial charge in [-0.05, 0) is 35.9 Å². The van der Waals surface area contributed by atoms with Crippen LogP contribution >= 0.6 is 0 Å². The van der Waals surface area contributed by atoms with Gasteiger partial charge in [0.2, 0.25) is 0 Å². The molecular formula is C15H11F3O. The third kappa shape index (κ3) is 4.50. The zero-order chi connectivity index (χ0) is 13.7. The van der Waals surface area contributed by atoms with Gasteiger partial charge >= 0.3 is 6.18 Å². The van der Waals surface area contributed by atoms with Crippen LogP contribution in [0.1, 0.15) is 5.56 Å². The van der Waals surface area contributed by atoms with Crippen LogP contribution in [0.3, 0.4) is 0 Å². The van der Waals surface area contributed by atoms with Gasteiger partial charge in [0.05, 0.1) is 0 Å². The van der Waals surface area contributed by atoms with E-state index in [1.165, 1.54) is 0 Å². The smallest absolute Gasteiger partial charge is 0.409 e. The van der Waals surface area contributed by atoms with Gasteiger partial charge in [-0.3, -0.25) is 0 Å². The van der Waals surface area contributed by atoms with Crippen LogP contribution < -0.4 is 4.74 Å². The first-order valence-electron chi connectivity index (χ1n) is 5.62. The zero-order valence-corrected chi connectivity index (χ0v) is 9.89. The van der Waals surface area contributed by atoms with Crippen molar-refractivity contribution >= 4 is 6.08 Å². The lowest BCUT2D eigenvalue weighted by molar-refractivity contribution is -0.0790. The van der Waals surface area contributed by atoms with Crippen molar-refractivity contribution in [2.24, 2.45) is 0 Å². The number of allylic oxidation sites excluding steroid dienone is 1. The highest BCUT2D eigenvalue weighted by atomic mass is 19.4. The molecule has 0 N–H and O–H groups in total. The normalized spacial score (nSPS) is 11.7. The molecule has 0 aliphatic carbocycles. The van der Waals surface area contributed by atoms with E-state index in [-0.39, 0.29) is 6.08 Å². The number of rotatable bonds is 3. The molecule has 19 heavy (non-hydrogen) atoms. The predicted octanol–water partition coefficient (Wildman–Crippen LogP) is 5.05. The predicted molar refractivity (Wildman–Crippen MR) is 68.0 cm³/mol. The maximum absolute atomic E-state index is 12.1. The molecule has 0 aliphatic heterocycles. The highest BCUT2D eigenvalue weighted by molar-refractivity contribution is 5.52. The molecule has 0 fully saturated rings. The first kappa shape index (κ1) is 13.2. The maximum Gasteiger partial charge on any atom is 0.409 e. The lowest BCUT2D eigenvalue weighted by atomic mass is 10.2. The van der Waals surface area contributed by atoms with E-state index < -0.39 is 6.18 Å². The zero-order valence-electron chi connectivity index (χ0n) is 9.89. The van der Waals surface area contributed by atoms with E-state index >= 15 is 0 Å². The topological polar surface area (TPSA) is 9.23 Å². The van der Waals surface area contributed by atoms with Gasteiger partial charge in [-0.1, -0.05) is 30.3 Å². The fourth-order valence-corrected chi connectivity index (χ4v) is 1.50. The molecule has 0 bridgehead atoms. The van der Waals surface area contributed by atoms with Crippen LogP contribution in [-0.2, 0) is 0 Å². The number of hydrogen-bond acceptors (Lipinski definition) is 1. The Morgan fingerprint density at radius 3 is 2.21 bits per heavy atom. The summed E-state index contributed by atoms with van der Waals surface area (Å²) in [5, 5.41) is 0. The molecule has 1 nitrogen and oxygen atoms in total. The summed E-state index contributed by atoms with van der Waals surface area (Å²) in [7, 11) is 0. The van der Waals surface area contributed by atoms with Crippen LogP contribution in [0.4, 0.5) is 13.2 Å². The summed E-state index contributed by atoms with van der Waals surface area (Å²) >= 11 is 0. The van der Waals surface area contributed by atoms with Crippen molar-refractivity contribution < 1.29 is 17.9 Å². The fourth-order valence-electron chi connectivity index (χ4n) is 1.50. The molecule has 4 heteroatoms. The summed E-state index contributed by atoms with van der Waals surface area (Å²) in [6, 6.07) is 15.5. The average molecular weight is 264 g/mol. The number of hydrogen-bond donors (Lipinski definition) is 0. The Kier molecular flexibility index (Phi) is 3.90. The third-order valence-corrected chi connectivity index (χ3v) is 2.30. The number of benzene rings is 2. The molecule has 0 spiro atoms. The molecule has 0 heterocycles. The van der Waals surface area contributed by atoms with E-state index in [0.717, 1.165) is 6.08 Å². The van der Waals surface area contributed by atoms with Crippen molar-refractivity contribution in [3.05, 3.63) is 66.2 Å². The Labute approximate surface area is 109 Å². The van der Waals surface area contributed by atoms with Crippen molar-refractivity contribution in [3.8, 4) is 11.5 Å². The van der Waals surface area contributed by atoms with Gasteiger partial charge in [-0.25, -0.2) is 0 Å². The lowest BCUT2D eigenvalue weighted by Gasteiger charge is -2.06. The quantitative estimate of drug-likeness (QED) is 0.753. The maximum atomic E-state index is 12.1. The first-order valence-corrected chi connectivity index (χ1v) is 5.62. The molecule has 0 saturated heterocycles. The first-order chi connectivity index (χ1) is 9.03. The largest absolute Gasteiger partial charge is 0.457 e. The number of halogens is 3. The molecule has 0 atom stereocenters. The number of para-hydroxylation sites is 1. The van der Waals surface area contributed by atoms with E-state index in [4.69, 9.17) is 4.74 Å². The van der Waals surface area contributed by atoms with E-state index in [9.17, 15) is 13.2 Å². The minimum absolute atomic E-state index is 0.203. The molecular weight excluding hydrogens is 253 g/mol. The highest BCUT2D eigenvalue weighted by Crippen LogP contribution is 2.23. The average Bonchev–Trinajstić information content (AvgIpc) is 2.37. The van der Waals surface area contributed by atoms with Crippen LogP contribution in [0.5, 0.6) is 11.5 Å². The monoisotopic (exact) mass is 264 g/mol. The van der Waals surface area contributed by atoms with Gasteiger partial charge in [0.25, 0.3) is 0 Å². The minimum Gasteiger partial charge on any atom is -0.457 e. The third-order valence-electron chi connectivity index (χ3n) is 2.30. The van der Waals surface area contributed by atoms with Crippen molar-refractivity contribution in [1.82, 2.24) is 0 Å². The van der Waals surface area contributed by atoms with Crippen molar-refractivity contribution in [2.45, 2.75) is 6.18 Å². The van der Waals surface area contributed by atoms with Crippen LogP contribution in [0.15, 0.2) is 60.7 Å². The molecule has 2 aromatic rings. The summed E-state index contributed by atoms with van der Waals surface area (Å²) in [6.07, 6.45) is -3.09.